The molecule has 0 saturated carbocycles. The Morgan fingerprint density at radius 1 is 1.33 bits per heavy atom. The first-order chi connectivity index (χ1) is 9.71. The number of carbonyl (C=O) groups excluding carboxylic acids is 1. The van der Waals surface area contributed by atoms with E-state index in [1.165, 1.54) is 6.07 Å². The Bertz CT molecular complexity index is 535. The molecule has 0 radical (unpaired) electrons. The number of amides is 1. The smallest absolute Gasteiger partial charge is 0.389 e. The minimum Gasteiger partial charge on any atom is -0.389 e. The number of ether oxygens (including phenoxy) is 1. The summed E-state index contributed by atoms with van der Waals surface area (Å²) < 4.78 is 42.8. The van der Waals surface area contributed by atoms with E-state index in [-0.39, 0.29) is 30.3 Å². The van der Waals surface area contributed by atoms with Gasteiger partial charge in [0.25, 0.3) is 0 Å². The van der Waals surface area contributed by atoms with Crippen LogP contribution in [-0.2, 0) is 15.7 Å². The van der Waals surface area contributed by atoms with Gasteiger partial charge in [0.1, 0.15) is 11.6 Å². The highest BCUT2D eigenvalue weighted by atomic mass is 32.1. The van der Waals surface area contributed by atoms with E-state index >= 15 is 0 Å². The lowest BCUT2D eigenvalue weighted by atomic mass is 10.1. The number of halogens is 3. The molecule has 0 aromatic heterocycles. The number of carbonyl (C=O) groups is 1. The normalized spacial score (nSPS) is 11.2. The summed E-state index contributed by atoms with van der Waals surface area (Å²) in [4.78, 5) is 10.3. The van der Waals surface area contributed by atoms with Gasteiger partial charge in [-0.1, -0.05) is 12.2 Å². The van der Waals surface area contributed by atoms with E-state index in [2.05, 4.69) is 5.32 Å². The van der Waals surface area contributed by atoms with Crippen molar-refractivity contribution in [3.05, 3.63) is 29.3 Å². The van der Waals surface area contributed by atoms with Gasteiger partial charge in [-0.3, -0.25) is 4.79 Å². The van der Waals surface area contributed by atoms with E-state index in [4.69, 9.17) is 28.4 Å². The Labute approximate surface area is 124 Å². The van der Waals surface area contributed by atoms with Gasteiger partial charge < -0.3 is 21.5 Å². The van der Waals surface area contributed by atoms with Crippen molar-refractivity contribution in [1.82, 2.24) is 0 Å². The number of hydrogen-bond acceptors (Lipinski definition) is 4. The highest BCUT2D eigenvalue weighted by Gasteiger charge is 2.31. The molecule has 21 heavy (non-hydrogen) atoms. The van der Waals surface area contributed by atoms with Gasteiger partial charge in [-0.2, -0.15) is 13.2 Å². The third-order valence-electron chi connectivity index (χ3n) is 2.42. The second kappa shape index (κ2) is 7.23. The van der Waals surface area contributed by atoms with Crippen LogP contribution in [0.25, 0.3) is 0 Å². The maximum absolute atomic E-state index is 12.6. The lowest BCUT2D eigenvalue weighted by molar-refractivity contribution is -0.137. The fraction of sp³-hybridized carbons (Fsp3) is 0.333. The van der Waals surface area contributed by atoms with Crippen LogP contribution in [0.2, 0.25) is 0 Å². The Kier molecular flexibility index (Phi) is 5.91. The monoisotopic (exact) mass is 321 g/mol. The van der Waals surface area contributed by atoms with Crippen LogP contribution >= 0.6 is 12.2 Å². The fourth-order valence-electron chi connectivity index (χ4n) is 1.51. The highest BCUT2D eigenvalue weighted by molar-refractivity contribution is 7.80. The Morgan fingerprint density at radius 2 is 2.00 bits per heavy atom. The van der Waals surface area contributed by atoms with Crippen molar-refractivity contribution in [2.24, 2.45) is 11.5 Å². The minimum absolute atomic E-state index is 0.0923. The van der Waals surface area contributed by atoms with Gasteiger partial charge in [-0.25, -0.2) is 0 Å². The molecule has 116 valence electrons. The molecule has 1 amide bonds. The number of nitrogens with two attached hydrogens (primary N) is 2. The molecule has 5 nitrogen and oxygen atoms in total. The summed E-state index contributed by atoms with van der Waals surface area (Å²) >= 11 is 4.75. The average molecular weight is 321 g/mol. The molecule has 1 aromatic rings. The molecule has 0 atom stereocenters. The van der Waals surface area contributed by atoms with Crippen LogP contribution in [0.1, 0.15) is 11.1 Å². The molecule has 0 unspecified atom stereocenters. The number of alkyl halides is 3. The summed E-state index contributed by atoms with van der Waals surface area (Å²) in [5, 5.41) is 2.84. The third-order valence-corrected chi connectivity index (χ3v) is 2.64. The first-order valence-corrected chi connectivity index (χ1v) is 6.23. The lowest BCUT2D eigenvalue weighted by Crippen LogP contribution is -2.21. The standard InChI is InChI=1S/C12H14F3N3O2S/c13-12(14,15)7-1-2-9(8(5-7)11(17)21)18-3-4-20-6-10(16)19/h1-2,5,18H,3-4,6H2,(H2,16,19)(H2,17,21). The Balaban J connectivity index is 2.74. The molecule has 1 rings (SSSR count). The molecular weight excluding hydrogens is 307 g/mol. The van der Waals surface area contributed by atoms with E-state index in [1.54, 1.807) is 0 Å². The molecule has 1 aromatic carbocycles. The van der Waals surface area contributed by atoms with E-state index < -0.39 is 17.6 Å². The predicted molar refractivity (Wildman–Crippen MR) is 75.8 cm³/mol. The van der Waals surface area contributed by atoms with Crippen LogP contribution in [0.15, 0.2) is 18.2 Å². The van der Waals surface area contributed by atoms with Crippen molar-refractivity contribution in [2.75, 3.05) is 25.1 Å². The zero-order valence-corrected chi connectivity index (χ0v) is 11.7. The molecule has 0 aliphatic rings. The van der Waals surface area contributed by atoms with Crippen molar-refractivity contribution in [2.45, 2.75) is 6.18 Å². The van der Waals surface area contributed by atoms with Crippen molar-refractivity contribution < 1.29 is 22.7 Å². The summed E-state index contributed by atoms with van der Waals surface area (Å²) in [6.07, 6.45) is -4.47. The Morgan fingerprint density at radius 3 is 2.52 bits per heavy atom. The summed E-state index contributed by atoms with van der Waals surface area (Å²) in [5.41, 5.74) is 9.93. The topological polar surface area (TPSA) is 90.4 Å². The van der Waals surface area contributed by atoms with Crippen LogP contribution in [0.5, 0.6) is 0 Å². The van der Waals surface area contributed by atoms with E-state index in [0.29, 0.717) is 5.69 Å². The largest absolute Gasteiger partial charge is 0.416 e. The number of thiocarbonyl (C=S) groups is 1. The van der Waals surface area contributed by atoms with Gasteiger partial charge in [0.05, 0.1) is 12.2 Å². The van der Waals surface area contributed by atoms with Gasteiger partial charge in [-0.05, 0) is 18.2 Å². The molecular formula is C12H14F3N3O2S. The molecule has 0 bridgehead atoms. The molecule has 5 N–H and O–H groups in total. The maximum Gasteiger partial charge on any atom is 0.416 e. The van der Waals surface area contributed by atoms with Crippen molar-refractivity contribution in [3.63, 3.8) is 0 Å². The summed E-state index contributed by atoms with van der Waals surface area (Å²) in [6, 6.07) is 3.05. The van der Waals surface area contributed by atoms with E-state index in [1.807, 2.05) is 0 Å². The van der Waals surface area contributed by atoms with Crippen LogP contribution in [0, 0.1) is 0 Å². The van der Waals surface area contributed by atoms with Crippen molar-refractivity contribution in [1.29, 1.82) is 0 Å². The van der Waals surface area contributed by atoms with Gasteiger partial charge in [0.15, 0.2) is 0 Å². The Hall–Kier alpha value is -1.87. The molecule has 9 heteroatoms. The van der Waals surface area contributed by atoms with Gasteiger partial charge in [0, 0.05) is 17.8 Å². The predicted octanol–water partition coefficient (Wildman–Crippen LogP) is 1.25. The SMILES string of the molecule is NC(=O)COCCNc1ccc(C(F)(F)F)cc1C(N)=S. The lowest BCUT2D eigenvalue weighted by Gasteiger charge is -2.14. The second-order valence-electron chi connectivity index (χ2n) is 4.07. The first-order valence-electron chi connectivity index (χ1n) is 5.83. The van der Waals surface area contributed by atoms with E-state index in [0.717, 1.165) is 12.1 Å². The summed E-state index contributed by atoms with van der Waals surface area (Å²) in [7, 11) is 0. The van der Waals surface area contributed by atoms with Crippen molar-refractivity contribution in [3.8, 4) is 0 Å². The second-order valence-corrected chi connectivity index (χ2v) is 4.51. The number of anilines is 1. The van der Waals surface area contributed by atoms with Crippen LogP contribution in [0.4, 0.5) is 18.9 Å². The van der Waals surface area contributed by atoms with Gasteiger partial charge in [0.2, 0.25) is 5.91 Å². The summed E-state index contributed by atoms with van der Waals surface area (Å²) in [5.74, 6) is -0.603. The number of hydrogen-bond donors (Lipinski definition) is 3. The molecule has 0 aliphatic heterocycles. The minimum atomic E-state index is -4.47. The van der Waals surface area contributed by atoms with Crippen LogP contribution in [-0.4, -0.2) is 30.7 Å². The number of rotatable bonds is 7. The molecule has 0 fully saturated rings. The molecule has 0 saturated heterocycles. The van der Waals surface area contributed by atoms with Gasteiger partial charge >= 0.3 is 6.18 Å². The molecule has 0 spiro atoms. The third kappa shape index (κ3) is 5.56. The first kappa shape index (κ1) is 17.2. The maximum atomic E-state index is 12.6. The zero-order chi connectivity index (χ0) is 16.0. The van der Waals surface area contributed by atoms with E-state index in [9.17, 15) is 18.0 Å². The van der Waals surface area contributed by atoms with Crippen molar-refractivity contribution >= 4 is 28.8 Å². The quantitative estimate of drug-likeness (QED) is 0.519. The molecule has 0 heterocycles. The number of nitrogens with one attached hydrogen (secondary N) is 1. The number of benzene rings is 1. The zero-order valence-electron chi connectivity index (χ0n) is 10.9. The molecule has 0 aliphatic carbocycles. The number of primary amides is 1. The highest BCUT2D eigenvalue weighted by Crippen LogP contribution is 2.31. The summed E-state index contributed by atoms with van der Waals surface area (Å²) in [6.45, 7) is 0.186. The van der Waals surface area contributed by atoms with Crippen LogP contribution in [0.3, 0.4) is 0 Å². The fourth-order valence-corrected chi connectivity index (χ4v) is 1.68. The average Bonchev–Trinajstić information content (AvgIpc) is 2.36. The van der Waals surface area contributed by atoms with Crippen LogP contribution < -0.4 is 16.8 Å². The van der Waals surface area contributed by atoms with Gasteiger partial charge in [-0.15, -0.1) is 0 Å².